The minimum Gasteiger partial charge on any atom is -0.493 e. The van der Waals surface area contributed by atoms with Gasteiger partial charge in [0.05, 0.1) is 6.61 Å². The van der Waals surface area contributed by atoms with Crippen LogP contribution in [0.4, 0.5) is 13.2 Å². The van der Waals surface area contributed by atoms with Crippen LogP contribution in [0.15, 0.2) is 36.4 Å². The SMILES string of the molecule is CC(C)(F)CN1CCC(COc2ccc(-c3ccc(C(=O)N4CCCC[C@@H]4C(N)=O)cc3F)c(F)c2)CC1. The maximum absolute atomic E-state index is 15.0. The van der Waals surface area contributed by atoms with Crippen LogP contribution in [0, 0.1) is 17.6 Å². The Morgan fingerprint density at radius 1 is 0.974 bits per heavy atom. The number of benzene rings is 2. The Morgan fingerprint density at radius 2 is 1.63 bits per heavy atom. The monoisotopic (exact) mass is 531 g/mol. The Bertz CT molecular complexity index is 1160. The molecule has 2 saturated heterocycles. The Hall–Kier alpha value is -3.07. The van der Waals surface area contributed by atoms with E-state index in [2.05, 4.69) is 4.90 Å². The molecule has 0 aliphatic carbocycles. The van der Waals surface area contributed by atoms with Crippen LogP contribution >= 0.6 is 0 Å². The smallest absolute Gasteiger partial charge is 0.254 e. The fourth-order valence-electron chi connectivity index (χ4n) is 5.36. The van der Waals surface area contributed by atoms with Crippen LogP contribution in [0.3, 0.4) is 0 Å². The molecule has 0 spiro atoms. The molecule has 2 fully saturated rings. The van der Waals surface area contributed by atoms with Gasteiger partial charge in [-0.15, -0.1) is 0 Å². The van der Waals surface area contributed by atoms with E-state index in [0.29, 0.717) is 37.8 Å². The molecule has 206 valence electrons. The zero-order chi connectivity index (χ0) is 27.4. The molecule has 2 heterocycles. The van der Waals surface area contributed by atoms with Gasteiger partial charge in [0, 0.05) is 35.8 Å². The third kappa shape index (κ3) is 6.87. The molecule has 4 rings (SSSR count). The number of piperidine rings is 2. The number of nitrogens with zero attached hydrogens (tertiary/aromatic N) is 2. The lowest BCUT2D eigenvalue weighted by Gasteiger charge is -2.34. The molecule has 2 amide bonds. The van der Waals surface area contributed by atoms with Gasteiger partial charge >= 0.3 is 0 Å². The Balaban J connectivity index is 1.38. The van der Waals surface area contributed by atoms with Crippen molar-refractivity contribution in [3.05, 3.63) is 53.6 Å². The van der Waals surface area contributed by atoms with Gasteiger partial charge in [-0.25, -0.2) is 13.2 Å². The molecule has 2 aliphatic rings. The van der Waals surface area contributed by atoms with Crippen molar-refractivity contribution in [1.29, 1.82) is 0 Å². The number of carbonyl (C=O) groups excluding carboxylic acids is 2. The molecule has 0 saturated carbocycles. The average molecular weight is 532 g/mol. The summed E-state index contributed by atoms with van der Waals surface area (Å²) in [6.07, 6.45) is 3.78. The van der Waals surface area contributed by atoms with E-state index in [1.54, 1.807) is 19.9 Å². The standard InChI is InChI=1S/C29H36F3N3O3/c1-29(2,32)18-34-13-10-19(11-14-34)17-38-21-7-9-23(25(31)16-21)22-8-6-20(15-24(22)30)28(37)35-12-4-3-5-26(35)27(33)36/h6-9,15-16,19,26H,3-5,10-14,17-18H2,1-2H3,(H2,33,36)/t26-/m1/s1. The number of nitrogens with two attached hydrogens (primary N) is 1. The number of ether oxygens (including phenoxy) is 1. The summed E-state index contributed by atoms with van der Waals surface area (Å²) < 4.78 is 49.7. The van der Waals surface area contributed by atoms with Crippen molar-refractivity contribution in [3.63, 3.8) is 0 Å². The fraction of sp³-hybridized carbons (Fsp3) is 0.517. The van der Waals surface area contributed by atoms with Gasteiger partial charge in [0.2, 0.25) is 5.91 Å². The van der Waals surface area contributed by atoms with Crippen LogP contribution in [0.2, 0.25) is 0 Å². The molecule has 2 aliphatic heterocycles. The molecule has 0 aromatic heterocycles. The van der Waals surface area contributed by atoms with Crippen LogP contribution in [0.25, 0.3) is 11.1 Å². The number of carbonyl (C=O) groups is 2. The summed E-state index contributed by atoms with van der Waals surface area (Å²) in [5.41, 5.74) is 4.40. The van der Waals surface area contributed by atoms with E-state index in [0.717, 1.165) is 44.8 Å². The first-order valence-electron chi connectivity index (χ1n) is 13.3. The molecular weight excluding hydrogens is 495 g/mol. The van der Waals surface area contributed by atoms with Crippen molar-refractivity contribution >= 4 is 11.8 Å². The van der Waals surface area contributed by atoms with E-state index in [4.69, 9.17) is 10.5 Å². The summed E-state index contributed by atoms with van der Waals surface area (Å²) in [4.78, 5) is 28.2. The predicted octanol–water partition coefficient (Wildman–Crippen LogP) is 4.95. The van der Waals surface area contributed by atoms with Crippen molar-refractivity contribution < 1.29 is 27.5 Å². The van der Waals surface area contributed by atoms with Gasteiger partial charge in [0.25, 0.3) is 5.91 Å². The molecule has 2 aromatic carbocycles. The summed E-state index contributed by atoms with van der Waals surface area (Å²) >= 11 is 0. The second kappa shape index (κ2) is 11.8. The Morgan fingerprint density at radius 3 is 2.24 bits per heavy atom. The summed E-state index contributed by atoms with van der Waals surface area (Å²) in [7, 11) is 0. The molecule has 1 atom stereocenters. The van der Waals surface area contributed by atoms with Crippen molar-refractivity contribution in [2.24, 2.45) is 11.7 Å². The van der Waals surface area contributed by atoms with E-state index in [-0.39, 0.29) is 16.7 Å². The lowest BCUT2D eigenvalue weighted by Crippen LogP contribution is -2.50. The van der Waals surface area contributed by atoms with Gasteiger partial charge in [0.15, 0.2) is 0 Å². The lowest BCUT2D eigenvalue weighted by molar-refractivity contribution is -0.123. The number of hydrogen-bond acceptors (Lipinski definition) is 4. The van der Waals surface area contributed by atoms with Crippen molar-refractivity contribution in [2.75, 3.05) is 32.8 Å². The zero-order valence-corrected chi connectivity index (χ0v) is 22.0. The van der Waals surface area contributed by atoms with Crippen LogP contribution in [-0.2, 0) is 4.79 Å². The largest absolute Gasteiger partial charge is 0.493 e. The highest BCUT2D eigenvalue weighted by molar-refractivity contribution is 5.98. The fourth-order valence-corrected chi connectivity index (χ4v) is 5.36. The van der Waals surface area contributed by atoms with E-state index in [1.807, 2.05) is 0 Å². The topological polar surface area (TPSA) is 75.9 Å². The van der Waals surface area contributed by atoms with Gasteiger partial charge < -0.3 is 20.3 Å². The highest BCUT2D eigenvalue weighted by Gasteiger charge is 2.31. The van der Waals surface area contributed by atoms with Crippen molar-refractivity contribution in [3.8, 4) is 16.9 Å². The third-order valence-corrected chi connectivity index (χ3v) is 7.33. The number of rotatable bonds is 8. The first-order chi connectivity index (χ1) is 18.0. The zero-order valence-electron chi connectivity index (χ0n) is 22.0. The van der Waals surface area contributed by atoms with Crippen LogP contribution in [0.1, 0.15) is 56.3 Å². The van der Waals surface area contributed by atoms with E-state index in [1.165, 1.54) is 29.2 Å². The predicted molar refractivity (Wildman–Crippen MR) is 140 cm³/mol. The summed E-state index contributed by atoms with van der Waals surface area (Å²) in [5, 5.41) is 0. The first kappa shape index (κ1) is 28.0. The van der Waals surface area contributed by atoms with Gasteiger partial charge in [-0.05, 0) is 89.2 Å². The second-order valence-corrected chi connectivity index (χ2v) is 11.0. The summed E-state index contributed by atoms with van der Waals surface area (Å²) in [5.74, 6) is -1.76. The molecule has 0 radical (unpaired) electrons. The lowest BCUT2D eigenvalue weighted by atomic mass is 9.96. The molecular formula is C29H36F3N3O3. The highest BCUT2D eigenvalue weighted by Crippen LogP contribution is 2.30. The number of primary amides is 1. The van der Waals surface area contributed by atoms with Gasteiger partial charge in [-0.2, -0.15) is 0 Å². The molecule has 6 nitrogen and oxygen atoms in total. The molecule has 9 heteroatoms. The minimum absolute atomic E-state index is 0.0267. The number of halogens is 3. The summed E-state index contributed by atoms with van der Waals surface area (Å²) in [6, 6.07) is 7.47. The van der Waals surface area contributed by atoms with E-state index < -0.39 is 35.2 Å². The Labute approximate surface area is 221 Å². The van der Waals surface area contributed by atoms with E-state index >= 15 is 4.39 Å². The van der Waals surface area contributed by atoms with Crippen molar-refractivity contribution in [2.45, 2.75) is 57.7 Å². The van der Waals surface area contributed by atoms with Crippen LogP contribution < -0.4 is 10.5 Å². The van der Waals surface area contributed by atoms with Crippen LogP contribution in [-0.4, -0.2) is 66.1 Å². The van der Waals surface area contributed by atoms with Gasteiger partial charge in [-0.3, -0.25) is 9.59 Å². The third-order valence-electron chi connectivity index (χ3n) is 7.33. The average Bonchev–Trinajstić information content (AvgIpc) is 2.87. The molecule has 0 unspecified atom stereocenters. The first-order valence-corrected chi connectivity index (χ1v) is 13.3. The Kier molecular flexibility index (Phi) is 8.65. The van der Waals surface area contributed by atoms with Gasteiger partial charge in [0.1, 0.15) is 29.1 Å². The van der Waals surface area contributed by atoms with Gasteiger partial charge in [-0.1, -0.05) is 6.07 Å². The number of likely N-dealkylation sites (tertiary alicyclic amines) is 2. The minimum atomic E-state index is -1.22. The summed E-state index contributed by atoms with van der Waals surface area (Å²) in [6.45, 7) is 5.97. The highest BCUT2D eigenvalue weighted by atomic mass is 19.1. The normalized spacial score (nSPS) is 19.4. The van der Waals surface area contributed by atoms with Crippen molar-refractivity contribution in [1.82, 2.24) is 9.80 Å². The molecule has 2 N–H and O–H groups in total. The van der Waals surface area contributed by atoms with E-state index in [9.17, 15) is 18.4 Å². The molecule has 2 aromatic rings. The second-order valence-electron chi connectivity index (χ2n) is 11.0. The number of alkyl halides is 1. The molecule has 38 heavy (non-hydrogen) atoms. The number of hydrogen-bond donors (Lipinski definition) is 1. The maximum Gasteiger partial charge on any atom is 0.254 e. The maximum atomic E-state index is 15.0. The van der Waals surface area contributed by atoms with Crippen LogP contribution in [0.5, 0.6) is 5.75 Å². The molecule has 0 bridgehead atoms. The number of amides is 2. The quantitative estimate of drug-likeness (QED) is 0.523.